The van der Waals surface area contributed by atoms with Crippen molar-refractivity contribution < 1.29 is 12.8 Å². The van der Waals surface area contributed by atoms with Gasteiger partial charge in [0.05, 0.1) is 4.90 Å². The second-order valence-electron chi connectivity index (χ2n) is 9.11. The van der Waals surface area contributed by atoms with E-state index in [1.165, 1.54) is 6.07 Å². The van der Waals surface area contributed by atoms with Crippen LogP contribution in [0, 0.1) is 5.82 Å². The van der Waals surface area contributed by atoms with Gasteiger partial charge in [-0.25, -0.2) is 22.5 Å². The topological polar surface area (TPSA) is 90.5 Å². The van der Waals surface area contributed by atoms with Crippen molar-refractivity contribution in [3.8, 4) is 0 Å². The molecule has 8 nitrogen and oxygen atoms in total. The molecule has 0 unspecified atom stereocenters. The maximum absolute atomic E-state index is 13.5. The molecule has 184 valence electrons. The summed E-state index contributed by atoms with van der Waals surface area (Å²) < 4.78 is 41.9. The second kappa shape index (κ2) is 9.88. The Morgan fingerprint density at radius 1 is 1.06 bits per heavy atom. The lowest BCUT2D eigenvalue weighted by molar-refractivity contribution is 0.248. The summed E-state index contributed by atoms with van der Waals surface area (Å²) in [6.07, 6.45) is 4.09. The van der Waals surface area contributed by atoms with Crippen LogP contribution in [-0.4, -0.2) is 56.0 Å². The molecule has 10 heteroatoms. The molecule has 0 radical (unpaired) electrons. The molecule has 1 saturated heterocycles. The third-order valence-electron chi connectivity index (χ3n) is 6.58. The van der Waals surface area contributed by atoms with Crippen LogP contribution in [0.2, 0.25) is 0 Å². The molecule has 0 atom stereocenters. The van der Waals surface area contributed by atoms with Gasteiger partial charge in [-0.15, -0.1) is 0 Å². The highest BCUT2D eigenvalue weighted by molar-refractivity contribution is 7.89. The lowest BCUT2D eigenvalue weighted by Crippen LogP contribution is -2.43. The standard InChI is InChI=1S/C25H29FN6O2S/c1-31-13-10-21(11-14-31)30-35(33,34)22-5-2-18(3-6-22)17-28-25-27-12-8-24(29-25)32-15-9-19-16-20(26)4-7-23(19)32/h2-8,12,16,21,30H,9-11,13-15,17H2,1H3,(H,27,28,29). The van der Waals surface area contributed by atoms with Gasteiger partial charge >= 0.3 is 0 Å². The Morgan fingerprint density at radius 2 is 1.83 bits per heavy atom. The molecule has 0 amide bonds. The van der Waals surface area contributed by atoms with Crippen LogP contribution >= 0.6 is 0 Å². The molecular formula is C25H29FN6O2S. The van der Waals surface area contributed by atoms with Gasteiger partial charge in [0.15, 0.2) is 0 Å². The highest BCUT2D eigenvalue weighted by atomic mass is 32.2. The molecule has 0 saturated carbocycles. The highest BCUT2D eigenvalue weighted by Crippen LogP contribution is 2.34. The normalized spacial score (nSPS) is 16.9. The van der Waals surface area contributed by atoms with E-state index in [0.717, 1.165) is 61.5 Å². The molecule has 3 heterocycles. The fourth-order valence-electron chi connectivity index (χ4n) is 4.57. The summed E-state index contributed by atoms with van der Waals surface area (Å²) in [7, 11) is -1.50. The third-order valence-corrected chi connectivity index (χ3v) is 8.12. The Kier molecular flexibility index (Phi) is 6.68. The van der Waals surface area contributed by atoms with Crippen LogP contribution in [-0.2, 0) is 23.0 Å². The van der Waals surface area contributed by atoms with Gasteiger partial charge in [-0.3, -0.25) is 0 Å². The van der Waals surface area contributed by atoms with Crippen molar-refractivity contribution in [2.75, 3.05) is 36.9 Å². The average Bonchev–Trinajstić information content (AvgIpc) is 3.27. The molecular weight excluding hydrogens is 467 g/mol. The first-order valence-corrected chi connectivity index (χ1v) is 13.3. The summed E-state index contributed by atoms with van der Waals surface area (Å²) in [5.74, 6) is 0.986. The van der Waals surface area contributed by atoms with Crippen LogP contribution in [0.25, 0.3) is 0 Å². The SMILES string of the molecule is CN1CCC(NS(=O)(=O)c2ccc(CNc3nccc(N4CCc5cc(F)ccc54)n3)cc2)CC1. The monoisotopic (exact) mass is 496 g/mol. The summed E-state index contributed by atoms with van der Waals surface area (Å²) in [5, 5.41) is 3.21. The van der Waals surface area contributed by atoms with Crippen molar-refractivity contribution in [2.24, 2.45) is 0 Å². The van der Waals surface area contributed by atoms with Crippen molar-refractivity contribution in [1.82, 2.24) is 19.6 Å². The van der Waals surface area contributed by atoms with E-state index in [9.17, 15) is 12.8 Å². The molecule has 0 aliphatic carbocycles. The predicted octanol–water partition coefficient (Wildman–Crippen LogP) is 3.29. The van der Waals surface area contributed by atoms with Crippen LogP contribution in [0.3, 0.4) is 0 Å². The lowest BCUT2D eigenvalue weighted by Gasteiger charge is -2.29. The molecule has 1 aromatic heterocycles. The van der Waals surface area contributed by atoms with Gasteiger partial charge in [-0.2, -0.15) is 4.98 Å². The van der Waals surface area contributed by atoms with E-state index in [2.05, 4.69) is 29.8 Å². The smallest absolute Gasteiger partial charge is 0.240 e. The molecule has 2 aliphatic rings. The van der Waals surface area contributed by atoms with Crippen molar-refractivity contribution in [2.45, 2.75) is 36.7 Å². The van der Waals surface area contributed by atoms with E-state index in [-0.39, 0.29) is 16.8 Å². The van der Waals surface area contributed by atoms with E-state index >= 15 is 0 Å². The number of halogens is 1. The molecule has 3 aromatic rings. The van der Waals surface area contributed by atoms with Crippen LogP contribution in [0.1, 0.15) is 24.0 Å². The summed E-state index contributed by atoms with van der Waals surface area (Å²) in [5.41, 5.74) is 2.85. The average molecular weight is 497 g/mol. The number of sulfonamides is 1. The highest BCUT2D eigenvalue weighted by Gasteiger charge is 2.24. The van der Waals surface area contributed by atoms with Crippen LogP contribution in [0.4, 0.5) is 21.8 Å². The number of nitrogens with one attached hydrogen (secondary N) is 2. The van der Waals surface area contributed by atoms with E-state index in [0.29, 0.717) is 12.5 Å². The summed E-state index contributed by atoms with van der Waals surface area (Å²) >= 11 is 0. The number of hydrogen-bond acceptors (Lipinski definition) is 7. The minimum atomic E-state index is -3.55. The fourth-order valence-corrected chi connectivity index (χ4v) is 5.88. The summed E-state index contributed by atoms with van der Waals surface area (Å²) in [6.45, 7) is 2.97. The van der Waals surface area contributed by atoms with Gasteiger partial charge in [0, 0.05) is 31.0 Å². The molecule has 1 fully saturated rings. The summed E-state index contributed by atoms with van der Waals surface area (Å²) in [4.78, 5) is 13.4. The van der Waals surface area contributed by atoms with Crippen molar-refractivity contribution in [3.05, 3.63) is 71.7 Å². The zero-order valence-corrected chi connectivity index (χ0v) is 20.4. The van der Waals surface area contributed by atoms with Gasteiger partial charge in [0.2, 0.25) is 16.0 Å². The van der Waals surface area contributed by atoms with Gasteiger partial charge < -0.3 is 15.1 Å². The van der Waals surface area contributed by atoms with E-state index < -0.39 is 10.0 Å². The van der Waals surface area contributed by atoms with Crippen molar-refractivity contribution >= 4 is 27.5 Å². The zero-order chi connectivity index (χ0) is 24.4. The Bertz CT molecular complexity index is 1290. The van der Waals surface area contributed by atoms with Gasteiger partial charge in [0.1, 0.15) is 11.6 Å². The number of piperidine rings is 1. The van der Waals surface area contributed by atoms with E-state index in [1.54, 1.807) is 42.6 Å². The van der Waals surface area contributed by atoms with Gasteiger partial charge in [0.25, 0.3) is 0 Å². The largest absolute Gasteiger partial charge is 0.350 e. The molecule has 0 spiro atoms. The number of nitrogens with zero attached hydrogens (tertiary/aromatic N) is 4. The number of hydrogen-bond donors (Lipinski definition) is 2. The molecule has 2 aromatic carbocycles. The zero-order valence-electron chi connectivity index (χ0n) is 19.6. The number of anilines is 3. The first-order valence-electron chi connectivity index (χ1n) is 11.8. The van der Waals surface area contributed by atoms with E-state index in [1.807, 2.05) is 13.1 Å². The Hall–Kier alpha value is -3.08. The lowest BCUT2D eigenvalue weighted by atomic mass is 10.1. The maximum Gasteiger partial charge on any atom is 0.240 e. The molecule has 2 aliphatic heterocycles. The van der Waals surface area contributed by atoms with E-state index in [4.69, 9.17) is 0 Å². The first kappa shape index (κ1) is 23.7. The summed E-state index contributed by atoms with van der Waals surface area (Å²) in [6, 6.07) is 13.5. The van der Waals surface area contributed by atoms with Crippen LogP contribution in [0.15, 0.2) is 59.6 Å². The number of benzene rings is 2. The fraction of sp³-hybridized carbons (Fsp3) is 0.360. The molecule has 5 rings (SSSR count). The maximum atomic E-state index is 13.5. The van der Waals surface area contributed by atoms with Crippen LogP contribution in [0.5, 0.6) is 0 Å². The van der Waals surface area contributed by atoms with Gasteiger partial charge in [-0.05, 0) is 86.9 Å². The van der Waals surface area contributed by atoms with Gasteiger partial charge in [-0.1, -0.05) is 12.1 Å². The number of rotatable bonds is 7. The van der Waals surface area contributed by atoms with Crippen molar-refractivity contribution in [1.29, 1.82) is 0 Å². The Balaban J connectivity index is 1.21. The molecule has 2 N–H and O–H groups in total. The first-order chi connectivity index (χ1) is 16.9. The number of aromatic nitrogens is 2. The third kappa shape index (κ3) is 5.44. The predicted molar refractivity (Wildman–Crippen MR) is 134 cm³/mol. The Labute approximate surface area is 205 Å². The molecule has 0 bridgehead atoms. The minimum Gasteiger partial charge on any atom is -0.350 e. The quantitative estimate of drug-likeness (QED) is 0.519. The number of likely N-dealkylation sites (tertiary alicyclic amines) is 1. The number of fused-ring (bicyclic) bond motifs is 1. The van der Waals surface area contributed by atoms with Crippen molar-refractivity contribution in [3.63, 3.8) is 0 Å². The second-order valence-corrected chi connectivity index (χ2v) is 10.8. The Morgan fingerprint density at radius 3 is 2.60 bits per heavy atom. The van der Waals surface area contributed by atoms with Crippen LogP contribution < -0.4 is 14.9 Å². The minimum absolute atomic E-state index is 0.0245. The molecule has 35 heavy (non-hydrogen) atoms.